The molecule has 0 aromatic carbocycles. The SMILES string of the molecule is CCCCCC(C)(CC)c1nnc(C)cc1C. The van der Waals surface area contributed by atoms with Crippen LogP contribution >= 0.6 is 0 Å². The standard InChI is InChI=1S/C15H26N2/c1-6-8-9-10-15(5,7-2)14-12(3)11-13(4)16-17-14/h11H,6-10H2,1-5H3. The van der Waals surface area contributed by atoms with E-state index in [1.165, 1.54) is 36.9 Å². The first-order chi connectivity index (χ1) is 8.03. The Kier molecular flexibility index (Phi) is 5.10. The summed E-state index contributed by atoms with van der Waals surface area (Å²) in [7, 11) is 0. The fraction of sp³-hybridized carbons (Fsp3) is 0.733. The Balaban J connectivity index is 2.90. The van der Waals surface area contributed by atoms with Crippen LogP contribution in [-0.2, 0) is 5.41 Å². The number of hydrogen-bond donors (Lipinski definition) is 0. The Morgan fingerprint density at radius 1 is 1.12 bits per heavy atom. The zero-order valence-corrected chi connectivity index (χ0v) is 12.0. The van der Waals surface area contributed by atoms with Crippen LogP contribution in [0.5, 0.6) is 0 Å². The topological polar surface area (TPSA) is 25.8 Å². The molecule has 0 aliphatic carbocycles. The predicted molar refractivity (Wildman–Crippen MR) is 73.3 cm³/mol. The molecule has 0 N–H and O–H groups in total. The summed E-state index contributed by atoms with van der Waals surface area (Å²) in [5.41, 5.74) is 3.69. The first-order valence-corrected chi connectivity index (χ1v) is 6.85. The van der Waals surface area contributed by atoms with E-state index >= 15 is 0 Å². The fourth-order valence-corrected chi connectivity index (χ4v) is 2.44. The molecular formula is C15H26N2. The molecule has 17 heavy (non-hydrogen) atoms. The van der Waals surface area contributed by atoms with Gasteiger partial charge in [0, 0.05) is 5.41 Å². The Morgan fingerprint density at radius 3 is 2.35 bits per heavy atom. The van der Waals surface area contributed by atoms with Crippen LogP contribution in [0.25, 0.3) is 0 Å². The van der Waals surface area contributed by atoms with Crippen molar-refractivity contribution in [3.8, 4) is 0 Å². The summed E-state index contributed by atoms with van der Waals surface area (Å²) in [5.74, 6) is 0. The summed E-state index contributed by atoms with van der Waals surface area (Å²) in [5, 5.41) is 8.68. The van der Waals surface area contributed by atoms with E-state index in [0.29, 0.717) is 0 Å². The summed E-state index contributed by atoms with van der Waals surface area (Å²) < 4.78 is 0. The molecule has 0 bridgehead atoms. The molecule has 0 spiro atoms. The Morgan fingerprint density at radius 2 is 1.82 bits per heavy atom. The Labute approximate surface area is 106 Å². The van der Waals surface area contributed by atoms with Crippen molar-refractivity contribution in [3.63, 3.8) is 0 Å². The van der Waals surface area contributed by atoms with Gasteiger partial charge in [0.2, 0.25) is 0 Å². The zero-order valence-electron chi connectivity index (χ0n) is 12.0. The van der Waals surface area contributed by atoms with Gasteiger partial charge in [0.05, 0.1) is 11.4 Å². The molecule has 0 saturated carbocycles. The molecule has 1 aromatic heterocycles. The molecule has 0 aliphatic heterocycles. The van der Waals surface area contributed by atoms with Gasteiger partial charge in [-0.2, -0.15) is 10.2 Å². The van der Waals surface area contributed by atoms with Crippen LogP contribution in [0.1, 0.15) is 69.8 Å². The summed E-state index contributed by atoms with van der Waals surface area (Å²) in [6, 6.07) is 2.15. The highest BCUT2D eigenvalue weighted by Crippen LogP contribution is 2.33. The molecule has 0 fully saturated rings. The lowest BCUT2D eigenvalue weighted by Gasteiger charge is -2.28. The number of aromatic nitrogens is 2. The highest BCUT2D eigenvalue weighted by atomic mass is 15.1. The van der Waals surface area contributed by atoms with E-state index < -0.39 is 0 Å². The maximum Gasteiger partial charge on any atom is 0.0719 e. The molecule has 0 aliphatic rings. The van der Waals surface area contributed by atoms with Gasteiger partial charge in [-0.25, -0.2) is 0 Å². The van der Waals surface area contributed by atoms with Crippen molar-refractivity contribution in [2.24, 2.45) is 0 Å². The van der Waals surface area contributed by atoms with Crippen molar-refractivity contribution in [1.29, 1.82) is 0 Å². The van der Waals surface area contributed by atoms with E-state index in [-0.39, 0.29) is 5.41 Å². The third-order valence-electron chi connectivity index (χ3n) is 3.79. The van der Waals surface area contributed by atoms with Crippen molar-refractivity contribution >= 4 is 0 Å². The minimum absolute atomic E-state index is 0.194. The fourth-order valence-electron chi connectivity index (χ4n) is 2.44. The van der Waals surface area contributed by atoms with E-state index in [1.54, 1.807) is 0 Å². The Hall–Kier alpha value is -0.920. The monoisotopic (exact) mass is 234 g/mol. The molecule has 0 saturated heterocycles. The average Bonchev–Trinajstić information content (AvgIpc) is 2.29. The smallest absolute Gasteiger partial charge is 0.0719 e. The zero-order chi connectivity index (χ0) is 12.9. The lowest BCUT2D eigenvalue weighted by molar-refractivity contribution is 0.382. The third kappa shape index (κ3) is 3.52. The molecule has 2 heteroatoms. The van der Waals surface area contributed by atoms with Crippen LogP contribution in [0, 0.1) is 13.8 Å². The van der Waals surface area contributed by atoms with Gasteiger partial charge in [-0.1, -0.05) is 40.0 Å². The van der Waals surface area contributed by atoms with Gasteiger partial charge in [-0.3, -0.25) is 0 Å². The molecule has 0 radical (unpaired) electrons. The number of hydrogen-bond acceptors (Lipinski definition) is 2. The van der Waals surface area contributed by atoms with E-state index in [2.05, 4.69) is 44.0 Å². The molecule has 1 aromatic rings. The second-order valence-electron chi connectivity index (χ2n) is 5.39. The van der Waals surface area contributed by atoms with Gasteiger partial charge in [0.1, 0.15) is 0 Å². The highest BCUT2D eigenvalue weighted by Gasteiger charge is 2.27. The largest absolute Gasteiger partial charge is 0.156 e. The maximum absolute atomic E-state index is 4.45. The summed E-state index contributed by atoms with van der Waals surface area (Å²) in [6.45, 7) is 11.0. The second kappa shape index (κ2) is 6.13. The summed E-state index contributed by atoms with van der Waals surface area (Å²) >= 11 is 0. The lowest BCUT2D eigenvalue weighted by atomic mass is 9.77. The number of unbranched alkanes of at least 4 members (excludes halogenated alkanes) is 2. The maximum atomic E-state index is 4.45. The summed E-state index contributed by atoms with van der Waals surface area (Å²) in [4.78, 5) is 0. The third-order valence-corrected chi connectivity index (χ3v) is 3.79. The van der Waals surface area contributed by atoms with Crippen molar-refractivity contribution in [3.05, 3.63) is 23.0 Å². The van der Waals surface area contributed by atoms with Gasteiger partial charge < -0.3 is 0 Å². The van der Waals surface area contributed by atoms with Crippen molar-refractivity contribution in [2.45, 2.75) is 72.1 Å². The van der Waals surface area contributed by atoms with Crippen LogP contribution in [-0.4, -0.2) is 10.2 Å². The number of nitrogens with zero attached hydrogens (tertiary/aromatic N) is 2. The molecule has 1 atom stereocenters. The second-order valence-corrected chi connectivity index (χ2v) is 5.39. The van der Waals surface area contributed by atoms with Crippen LogP contribution in [0.2, 0.25) is 0 Å². The van der Waals surface area contributed by atoms with Gasteiger partial charge in [-0.15, -0.1) is 0 Å². The highest BCUT2D eigenvalue weighted by molar-refractivity contribution is 5.26. The van der Waals surface area contributed by atoms with E-state index in [4.69, 9.17) is 0 Å². The minimum atomic E-state index is 0.194. The van der Waals surface area contributed by atoms with Crippen molar-refractivity contribution in [2.75, 3.05) is 0 Å². The van der Waals surface area contributed by atoms with E-state index in [9.17, 15) is 0 Å². The molecular weight excluding hydrogens is 208 g/mol. The minimum Gasteiger partial charge on any atom is -0.156 e. The van der Waals surface area contributed by atoms with Crippen LogP contribution in [0.15, 0.2) is 6.07 Å². The molecule has 1 heterocycles. The molecule has 2 nitrogen and oxygen atoms in total. The normalized spacial score (nSPS) is 14.6. The van der Waals surface area contributed by atoms with Crippen LogP contribution in [0.3, 0.4) is 0 Å². The van der Waals surface area contributed by atoms with Crippen molar-refractivity contribution in [1.82, 2.24) is 10.2 Å². The number of rotatable bonds is 6. The van der Waals surface area contributed by atoms with Gasteiger partial charge in [0.25, 0.3) is 0 Å². The van der Waals surface area contributed by atoms with Crippen LogP contribution in [0.4, 0.5) is 0 Å². The van der Waals surface area contributed by atoms with Gasteiger partial charge in [0.15, 0.2) is 0 Å². The van der Waals surface area contributed by atoms with Gasteiger partial charge >= 0.3 is 0 Å². The van der Waals surface area contributed by atoms with Crippen molar-refractivity contribution < 1.29 is 0 Å². The lowest BCUT2D eigenvalue weighted by Crippen LogP contribution is -2.24. The first kappa shape index (κ1) is 14.1. The molecule has 1 rings (SSSR count). The molecule has 1 unspecified atom stereocenters. The summed E-state index contributed by atoms with van der Waals surface area (Å²) in [6.07, 6.45) is 6.23. The van der Waals surface area contributed by atoms with Crippen LogP contribution < -0.4 is 0 Å². The predicted octanol–water partition coefficient (Wildman–Crippen LogP) is 4.34. The number of aryl methyl sites for hydroxylation is 2. The average molecular weight is 234 g/mol. The van der Waals surface area contributed by atoms with E-state index in [0.717, 1.165) is 12.1 Å². The quantitative estimate of drug-likeness (QED) is 0.684. The van der Waals surface area contributed by atoms with E-state index in [1.807, 2.05) is 6.92 Å². The Bertz CT molecular complexity index is 360. The van der Waals surface area contributed by atoms with Gasteiger partial charge in [-0.05, 0) is 38.3 Å². The molecule has 0 amide bonds. The first-order valence-electron chi connectivity index (χ1n) is 6.85. The molecule has 96 valence electrons.